The van der Waals surface area contributed by atoms with Gasteiger partial charge in [-0.25, -0.2) is 8.78 Å². The first-order valence-electron chi connectivity index (χ1n) is 6.52. The third-order valence-electron chi connectivity index (χ3n) is 3.00. The van der Waals surface area contributed by atoms with Gasteiger partial charge in [-0.15, -0.1) is 0 Å². The minimum Gasteiger partial charge on any atom is -0.399 e. The maximum atomic E-state index is 12.7. The molecule has 2 nitrogen and oxygen atoms in total. The highest BCUT2D eigenvalue weighted by Crippen LogP contribution is 2.14. The van der Waals surface area contributed by atoms with Crippen molar-refractivity contribution >= 4 is 5.69 Å². The molecule has 106 valence electrons. The van der Waals surface area contributed by atoms with Crippen LogP contribution in [0, 0.1) is 0 Å². The van der Waals surface area contributed by atoms with Crippen molar-refractivity contribution in [2.24, 2.45) is 0 Å². The number of rotatable bonds is 6. The van der Waals surface area contributed by atoms with E-state index in [2.05, 4.69) is 0 Å². The molecule has 0 fully saturated rings. The highest BCUT2D eigenvalue weighted by Gasteiger charge is 2.13. The van der Waals surface area contributed by atoms with E-state index in [9.17, 15) is 8.78 Å². The fourth-order valence-corrected chi connectivity index (χ4v) is 2.17. The third-order valence-corrected chi connectivity index (χ3v) is 3.00. The van der Waals surface area contributed by atoms with Gasteiger partial charge in [0, 0.05) is 18.8 Å². The molecule has 2 N–H and O–H groups in total. The van der Waals surface area contributed by atoms with Crippen molar-refractivity contribution in [3.8, 4) is 0 Å². The average Bonchev–Trinajstić information content (AvgIpc) is 2.39. The predicted octanol–water partition coefficient (Wildman–Crippen LogP) is 3.54. The molecule has 2 aromatic carbocycles. The van der Waals surface area contributed by atoms with Gasteiger partial charge in [0.15, 0.2) is 0 Å². The predicted molar refractivity (Wildman–Crippen MR) is 77.4 cm³/mol. The highest BCUT2D eigenvalue weighted by atomic mass is 19.3. The van der Waals surface area contributed by atoms with Crippen LogP contribution in [0.4, 0.5) is 14.5 Å². The Morgan fingerprint density at radius 1 is 0.900 bits per heavy atom. The lowest BCUT2D eigenvalue weighted by atomic mass is 10.1. The molecule has 2 rings (SSSR count). The van der Waals surface area contributed by atoms with Crippen molar-refractivity contribution in [3.63, 3.8) is 0 Å². The molecule has 4 heteroatoms. The smallest absolute Gasteiger partial charge is 0.251 e. The number of alkyl halides is 2. The van der Waals surface area contributed by atoms with Gasteiger partial charge in [0.1, 0.15) is 0 Å². The quantitative estimate of drug-likeness (QED) is 0.818. The third kappa shape index (κ3) is 4.63. The monoisotopic (exact) mass is 276 g/mol. The lowest BCUT2D eigenvalue weighted by Gasteiger charge is -2.22. The van der Waals surface area contributed by atoms with E-state index in [1.807, 2.05) is 48.5 Å². The zero-order chi connectivity index (χ0) is 14.4. The van der Waals surface area contributed by atoms with Crippen LogP contribution in [0.25, 0.3) is 0 Å². The molecule has 0 aliphatic carbocycles. The molecule has 0 spiro atoms. The second-order valence-corrected chi connectivity index (χ2v) is 4.79. The Hall–Kier alpha value is -1.94. The Morgan fingerprint density at radius 2 is 1.55 bits per heavy atom. The number of anilines is 1. The van der Waals surface area contributed by atoms with Crippen molar-refractivity contribution in [2.75, 3.05) is 12.3 Å². The van der Waals surface area contributed by atoms with Crippen LogP contribution in [-0.2, 0) is 13.1 Å². The van der Waals surface area contributed by atoms with Gasteiger partial charge in [-0.2, -0.15) is 0 Å². The number of hydrogen-bond acceptors (Lipinski definition) is 2. The van der Waals surface area contributed by atoms with Crippen molar-refractivity contribution in [2.45, 2.75) is 19.5 Å². The first kappa shape index (κ1) is 14.5. The van der Waals surface area contributed by atoms with Crippen molar-refractivity contribution < 1.29 is 8.78 Å². The van der Waals surface area contributed by atoms with E-state index < -0.39 is 6.43 Å². The molecule has 2 aromatic rings. The Labute approximate surface area is 117 Å². The normalized spacial score (nSPS) is 11.2. The van der Waals surface area contributed by atoms with Crippen LogP contribution >= 0.6 is 0 Å². The van der Waals surface area contributed by atoms with Gasteiger partial charge in [0.05, 0.1) is 6.54 Å². The van der Waals surface area contributed by atoms with Crippen molar-refractivity contribution in [1.82, 2.24) is 4.90 Å². The van der Waals surface area contributed by atoms with Crippen LogP contribution in [0.5, 0.6) is 0 Å². The van der Waals surface area contributed by atoms with Gasteiger partial charge in [-0.3, -0.25) is 4.90 Å². The number of benzene rings is 2. The van der Waals surface area contributed by atoms with Crippen molar-refractivity contribution in [3.05, 3.63) is 65.7 Å². The van der Waals surface area contributed by atoms with E-state index in [4.69, 9.17) is 5.73 Å². The molecule has 0 amide bonds. The van der Waals surface area contributed by atoms with Gasteiger partial charge >= 0.3 is 0 Å². The molecule has 0 saturated heterocycles. The first-order chi connectivity index (χ1) is 9.63. The highest BCUT2D eigenvalue weighted by molar-refractivity contribution is 5.40. The summed E-state index contributed by atoms with van der Waals surface area (Å²) in [5.74, 6) is 0. The number of halogens is 2. The van der Waals surface area contributed by atoms with Crippen LogP contribution in [0.2, 0.25) is 0 Å². The van der Waals surface area contributed by atoms with Crippen LogP contribution in [0.1, 0.15) is 11.1 Å². The average molecular weight is 276 g/mol. The van der Waals surface area contributed by atoms with E-state index in [0.29, 0.717) is 18.8 Å². The van der Waals surface area contributed by atoms with Crippen LogP contribution in [0.15, 0.2) is 54.6 Å². The van der Waals surface area contributed by atoms with Crippen LogP contribution in [0.3, 0.4) is 0 Å². The molecule has 0 aliphatic rings. The zero-order valence-corrected chi connectivity index (χ0v) is 11.2. The number of nitrogens with zero attached hydrogens (tertiary/aromatic N) is 1. The maximum Gasteiger partial charge on any atom is 0.251 e. The summed E-state index contributed by atoms with van der Waals surface area (Å²) in [6.07, 6.45) is -2.35. The van der Waals surface area contributed by atoms with E-state index in [1.54, 1.807) is 11.0 Å². The number of hydrogen-bond donors (Lipinski definition) is 1. The summed E-state index contributed by atoms with van der Waals surface area (Å²) < 4.78 is 25.4. The largest absolute Gasteiger partial charge is 0.399 e. The fourth-order valence-electron chi connectivity index (χ4n) is 2.17. The van der Waals surface area contributed by atoms with Crippen molar-refractivity contribution in [1.29, 1.82) is 0 Å². The molecular weight excluding hydrogens is 258 g/mol. The van der Waals surface area contributed by atoms with Gasteiger partial charge in [-0.05, 0) is 23.3 Å². The summed E-state index contributed by atoms with van der Waals surface area (Å²) in [6.45, 7) is 0.716. The molecule has 0 aromatic heterocycles. The molecule has 0 heterocycles. The molecule has 0 atom stereocenters. The molecule has 0 unspecified atom stereocenters. The van der Waals surface area contributed by atoms with E-state index >= 15 is 0 Å². The molecule has 0 aliphatic heterocycles. The Kier molecular flexibility index (Phi) is 5.07. The minimum absolute atomic E-state index is 0.246. The van der Waals surface area contributed by atoms with E-state index in [0.717, 1.165) is 11.1 Å². The van der Waals surface area contributed by atoms with Crippen LogP contribution in [-0.4, -0.2) is 17.9 Å². The maximum absolute atomic E-state index is 12.7. The van der Waals surface area contributed by atoms with Gasteiger partial charge < -0.3 is 5.73 Å². The second-order valence-electron chi connectivity index (χ2n) is 4.79. The summed E-state index contributed by atoms with van der Waals surface area (Å²) in [7, 11) is 0. The summed E-state index contributed by atoms with van der Waals surface area (Å²) in [6, 6.07) is 17.0. The Balaban J connectivity index is 2.07. The molecule has 0 saturated carbocycles. The first-order valence-corrected chi connectivity index (χ1v) is 6.52. The SMILES string of the molecule is Nc1cccc(CN(Cc2ccccc2)CC(F)F)c1. The summed E-state index contributed by atoms with van der Waals surface area (Å²) in [5, 5.41) is 0. The van der Waals surface area contributed by atoms with Gasteiger partial charge in [0.25, 0.3) is 6.43 Å². The molecule has 0 bridgehead atoms. The summed E-state index contributed by atoms with van der Waals surface area (Å²) in [5.41, 5.74) is 8.34. The minimum atomic E-state index is -2.35. The second kappa shape index (κ2) is 7.01. The topological polar surface area (TPSA) is 29.3 Å². The fraction of sp³-hybridized carbons (Fsp3) is 0.250. The van der Waals surface area contributed by atoms with Crippen LogP contribution < -0.4 is 5.73 Å². The van der Waals surface area contributed by atoms with E-state index in [-0.39, 0.29) is 6.54 Å². The summed E-state index contributed by atoms with van der Waals surface area (Å²) in [4.78, 5) is 1.73. The lowest BCUT2D eigenvalue weighted by Crippen LogP contribution is -2.28. The number of nitrogen functional groups attached to an aromatic ring is 1. The zero-order valence-electron chi connectivity index (χ0n) is 11.2. The van der Waals surface area contributed by atoms with Gasteiger partial charge in [-0.1, -0.05) is 42.5 Å². The van der Waals surface area contributed by atoms with E-state index in [1.165, 1.54) is 0 Å². The Morgan fingerprint density at radius 3 is 2.20 bits per heavy atom. The molecular formula is C16H18F2N2. The number of nitrogens with two attached hydrogens (primary N) is 1. The molecule has 20 heavy (non-hydrogen) atoms. The summed E-state index contributed by atoms with van der Waals surface area (Å²) >= 11 is 0. The standard InChI is InChI=1S/C16H18F2N2/c17-16(18)12-20(10-13-5-2-1-3-6-13)11-14-7-4-8-15(19)9-14/h1-9,16H,10-12,19H2. The Bertz CT molecular complexity index is 529. The molecule has 0 radical (unpaired) electrons. The lowest BCUT2D eigenvalue weighted by molar-refractivity contribution is 0.0809. The van der Waals surface area contributed by atoms with Gasteiger partial charge in [0.2, 0.25) is 0 Å².